The number of piperazine rings is 1. The van der Waals surface area contributed by atoms with E-state index < -0.39 is 0 Å². The van der Waals surface area contributed by atoms with Crippen LogP contribution >= 0.6 is 0 Å². The van der Waals surface area contributed by atoms with E-state index in [-0.39, 0.29) is 0 Å². The SMILES string of the molecule is O=C(CC1CCCC1)N1CCN(c2ccc(N3CCCCCC3)nn2)CC1. The molecule has 1 amide bonds. The first-order chi connectivity index (χ1) is 13.3. The third kappa shape index (κ3) is 4.71. The van der Waals surface area contributed by atoms with E-state index in [1.807, 2.05) is 4.90 Å². The highest BCUT2D eigenvalue weighted by Crippen LogP contribution is 2.28. The molecule has 1 aromatic rings. The van der Waals surface area contributed by atoms with Gasteiger partial charge in [0, 0.05) is 45.7 Å². The molecule has 0 atom stereocenters. The molecule has 3 fully saturated rings. The summed E-state index contributed by atoms with van der Waals surface area (Å²) in [7, 11) is 0. The molecule has 0 N–H and O–H groups in total. The number of carbonyl (C=O) groups is 1. The van der Waals surface area contributed by atoms with Gasteiger partial charge in [-0.15, -0.1) is 10.2 Å². The Morgan fingerprint density at radius 1 is 0.778 bits per heavy atom. The average molecular weight is 372 g/mol. The summed E-state index contributed by atoms with van der Waals surface area (Å²) >= 11 is 0. The highest BCUT2D eigenvalue weighted by atomic mass is 16.2. The molecule has 2 saturated heterocycles. The van der Waals surface area contributed by atoms with Crippen LogP contribution in [0.4, 0.5) is 11.6 Å². The topological polar surface area (TPSA) is 52.6 Å². The number of anilines is 2. The lowest BCUT2D eigenvalue weighted by molar-refractivity contribution is -0.132. The molecular formula is C21H33N5O. The van der Waals surface area contributed by atoms with Gasteiger partial charge in [0.1, 0.15) is 0 Å². The van der Waals surface area contributed by atoms with Crippen molar-refractivity contribution >= 4 is 17.5 Å². The number of carbonyl (C=O) groups excluding carboxylic acids is 1. The van der Waals surface area contributed by atoms with E-state index >= 15 is 0 Å². The van der Waals surface area contributed by atoms with E-state index in [1.165, 1.54) is 51.4 Å². The zero-order valence-electron chi connectivity index (χ0n) is 16.5. The fourth-order valence-corrected chi connectivity index (χ4v) is 4.73. The molecule has 2 aliphatic heterocycles. The molecular weight excluding hydrogens is 338 g/mol. The van der Waals surface area contributed by atoms with Gasteiger partial charge in [-0.05, 0) is 43.7 Å². The van der Waals surface area contributed by atoms with Crippen molar-refractivity contribution < 1.29 is 4.79 Å². The van der Waals surface area contributed by atoms with Crippen LogP contribution in [0.1, 0.15) is 57.8 Å². The van der Waals surface area contributed by atoms with E-state index in [9.17, 15) is 4.79 Å². The molecule has 1 aromatic heterocycles. The summed E-state index contributed by atoms with van der Waals surface area (Å²) in [6, 6.07) is 4.22. The highest BCUT2D eigenvalue weighted by Gasteiger charge is 2.25. The maximum absolute atomic E-state index is 12.5. The molecule has 0 radical (unpaired) electrons. The Bertz CT molecular complexity index is 598. The second-order valence-electron chi connectivity index (χ2n) is 8.37. The van der Waals surface area contributed by atoms with E-state index in [0.29, 0.717) is 11.8 Å². The van der Waals surface area contributed by atoms with Gasteiger partial charge in [-0.2, -0.15) is 0 Å². The maximum atomic E-state index is 12.5. The van der Waals surface area contributed by atoms with E-state index in [2.05, 4.69) is 32.1 Å². The second kappa shape index (κ2) is 8.89. The Labute approximate surface area is 162 Å². The van der Waals surface area contributed by atoms with Gasteiger partial charge in [-0.1, -0.05) is 25.7 Å². The minimum atomic E-state index is 0.351. The lowest BCUT2D eigenvalue weighted by Gasteiger charge is -2.35. The van der Waals surface area contributed by atoms with Crippen molar-refractivity contribution in [2.45, 2.75) is 57.8 Å². The van der Waals surface area contributed by atoms with Crippen LogP contribution in [0.5, 0.6) is 0 Å². The molecule has 6 heteroatoms. The van der Waals surface area contributed by atoms with Crippen molar-refractivity contribution in [2.24, 2.45) is 5.92 Å². The van der Waals surface area contributed by atoms with Crippen molar-refractivity contribution in [3.05, 3.63) is 12.1 Å². The highest BCUT2D eigenvalue weighted by molar-refractivity contribution is 5.76. The van der Waals surface area contributed by atoms with Crippen LogP contribution in [0.2, 0.25) is 0 Å². The largest absolute Gasteiger partial charge is 0.355 e. The predicted octanol–water partition coefficient (Wildman–Crippen LogP) is 3.09. The minimum absolute atomic E-state index is 0.351. The molecule has 3 aliphatic rings. The third-order valence-electron chi connectivity index (χ3n) is 6.46. The molecule has 1 saturated carbocycles. The quantitative estimate of drug-likeness (QED) is 0.814. The first-order valence-corrected chi connectivity index (χ1v) is 10.9. The molecule has 0 aromatic carbocycles. The smallest absolute Gasteiger partial charge is 0.222 e. The van der Waals surface area contributed by atoms with Crippen molar-refractivity contribution in [3.8, 4) is 0 Å². The summed E-state index contributed by atoms with van der Waals surface area (Å²) < 4.78 is 0. The molecule has 148 valence electrons. The van der Waals surface area contributed by atoms with Crippen LogP contribution in [0, 0.1) is 5.92 Å². The molecule has 1 aliphatic carbocycles. The summed E-state index contributed by atoms with van der Waals surface area (Å²) in [4.78, 5) is 19.2. The predicted molar refractivity (Wildman–Crippen MR) is 108 cm³/mol. The van der Waals surface area contributed by atoms with Crippen molar-refractivity contribution in [1.29, 1.82) is 0 Å². The number of nitrogens with zero attached hydrogens (tertiary/aromatic N) is 5. The molecule has 3 heterocycles. The molecule has 27 heavy (non-hydrogen) atoms. The van der Waals surface area contributed by atoms with Gasteiger partial charge in [-0.25, -0.2) is 0 Å². The van der Waals surface area contributed by atoms with E-state index in [4.69, 9.17) is 0 Å². The fraction of sp³-hybridized carbons (Fsp3) is 0.762. The van der Waals surface area contributed by atoms with Gasteiger partial charge in [0.2, 0.25) is 5.91 Å². The van der Waals surface area contributed by atoms with Crippen LogP contribution in [0.15, 0.2) is 12.1 Å². The minimum Gasteiger partial charge on any atom is -0.355 e. The lowest BCUT2D eigenvalue weighted by Crippen LogP contribution is -2.49. The van der Waals surface area contributed by atoms with Gasteiger partial charge in [0.15, 0.2) is 11.6 Å². The normalized spacial score (nSPS) is 22.1. The van der Waals surface area contributed by atoms with Crippen LogP contribution < -0.4 is 9.80 Å². The second-order valence-corrected chi connectivity index (χ2v) is 8.37. The van der Waals surface area contributed by atoms with E-state index in [1.54, 1.807) is 0 Å². The average Bonchev–Trinajstić information content (AvgIpc) is 3.07. The Hall–Kier alpha value is -1.85. The Morgan fingerprint density at radius 3 is 1.89 bits per heavy atom. The van der Waals surface area contributed by atoms with Gasteiger partial charge >= 0.3 is 0 Å². The summed E-state index contributed by atoms with van der Waals surface area (Å²) in [6.07, 6.45) is 11.0. The molecule has 0 unspecified atom stereocenters. The number of rotatable bonds is 4. The van der Waals surface area contributed by atoms with Crippen LogP contribution in [0.25, 0.3) is 0 Å². The van der Waals surface area contributed by atoms with Crippen LogP contribution in [0.3, 0.4) is 0 Å². The summed E-state index contributed by atoms with van der Waals surface area (Å²) in [6.45, 7) is 5.51. The first-order valence-electron chi connectivity index (χ1n) is 10.9. The zero-order valence-corrected chi connectivity index (χ0v) is 16.5. The molecule has 0 bridgehead atoms. The summed E-state index contributed by atoms with van der Waals surface area (Å²) in [5, 5.41) is 8.99. The van der Waals surface area contributed by atoms with Crippen molar-refractivity contribution in [2.75, 3.05) is 49.1 Å². The van der Waals surface area contributed by atoms with Gasteiger partial charge in [-0.3, -0.25) is 4.79 Å². The Balaban J connectivity index is 1.28. The van der Waals surface area contributed by atoms with Crippen molar-refractivity contribution in [3.63, 3.8) is 0 Å². The fourth-order valence-electron chi connectivity index (χ4n) is 4.73. The number of hydrogen-bond acceptors (Lipinski definition) is 5. The van der Waals surface area contributed by atoms with Gasteiger partial charge < -0.3 is 14.7 Å². The zero-order chi connectivity index (χ0) is 18.5. The number of hydrogen-bond donors (Lipinski definition) is 0. The monoisotopic (exact) mass is 371 g/mol. The summed E-state index contributed by atoms with van der Waals surface area (Å²) in [5.41, 5.74) is 0. The molecule has 0 spiro atoms. The molecule has 4 rings (SSSR count). The molecule has 6 nitrogen and oxygen atoms in total. The number of amides is 1. The number of aromatic nitrogens is 2. The first kappa shape index (κ1) is 18.5. The van der Waals surface area contributed by atoms with E-state index in [0.717, 1.165) is 57.3 Å². The van der Waals surface area contributed by atoms with Gasteiger partial charge in [0.25, 0.3) is 0 Å². The van der Waals surface area contributed by atoms with Gasteiger partial charge in [0.05, 0.1) is 0 Å². The van der Waals surface area contributed by atoms with Crippen molar-refractivity contribution in [1.82, 2.24) is 15.1 Å². The van der Waals surface area contributed by atoms with Crippen LogP contribution in [-0.4, -0.2) is 60.3 Å². The maximum Gasteiger partial charge on any atom is 0.222 e. The summed E-state index contributed by atoms with van der Waals surface area (Å²) in [5.74, 6) is 2.93. The Kier molecular flexibility index (Phi) is 6.10. The lowest BCUT2D eigenvalue weighted by atomic mass is 10.0. The standard InChI is InChI=1S/C21H33N5O/c27-21(17-18-7-3-4-8-18)26-15-13-25(14-16-26)20-10-9-19(22-23-20)24-11-5-1-2-6-12-24/h9-10,18H,1-8,11-17H2. The van der Waals surface area contributed by atoms with Crippen LogP contribution in [-0.2, 0) is 4.79 Å². The third-order valence-corrected chi connectivity index (χ3v) is 6.46. The Morgan fingerprint density at radius 2 is 1.33 bits per heavy atom.